The molecule has 1 amide bonds. The molecule has 4 nitrogen and oxygen atoms in total. The van der Waals surface area contributed by atoms with Gasteiger partial charge in [-0.2, -0.15) is 0 Å². The highest BCUT2D eigenvalue weighted by Gasteiger charge is 2.07. The number of para-hydroxylation sites is 1. The van der Waals surface area contributed by atoms with Crippen molar-refractivity contribution in [3.8, 4) is 17.1 Å². The second-order valence-electron chi connectivity index (χ2n) is 5.15. The van der Waals surface area contributed by atoms with E-state index in [0.29, 0.717) is 18.1 Å². The highest BCUT2D eigenvalue weighted by molar-refractivity contribution is 9.10. The summed E-state index contributed by atoms with van der Waals surface area (Å²) in [6.45, 7) is 0.303. The molecular weight excluding hydrogens is 370 g/mol. The van der Waals surface area contributed by atoms with E-state index < -0.39 is 0 Å². The molecule has 0 unspecified atom stereocenters. The Labute approximate surface area is 148 Å². The fourth-order valence-corrected chi connectivity index (χ4v) is 2.41. The van der Waals surface area contributed by atoms with Crippen molar-refractivity contribution in [2.24, 2.45) is 0 Å². The molecule has 0 fully saturated rings. The van der Waals surface area contributed by atoms with E-state index in [1.807, 2.05) is 66.7 Å². The first-order valence-electron chi connectivity index (χ1n) is 7.50. The molecule has 1 aromatic heterocycles. The van der Waals surface area contributed by atoms with Gasteiger partial charge in [-0.25, -0.2) is 0 Å². The van der Waals surface area contributed by atoms with E-state index in [1.165, 1.54) is 0 Å². The van der Waals surface area contributed by atoms with E-state index >= 15 is 0 Å². The molecule has 0 aliphatic heterocycles. The SMILES string of the molecule is O=C(COc1ccccc1)NCc1ccc(-c2ccc(Br)cc2)o1. The molecule has 3 aromatic rings. The zero-order valence-electron chi connectivity index (χ0n) is 12.9. The molecule has 24 heavy (non-hydrogen) atoms. The molecule has 3 rings (SSSR count). The Morgan fingerprint density at radius 2 is 1.75 bits per heavy atom. The quantitative estimate of drug-likeness (QED) is 0.683. The molecule has 2 aromatic carbocycles. The number of amides is 1. The van der Waals surface area contributed by atoms with Crippen molar-refractivity contribution in [1.29, 1.82) is 0 Å². The third kappa shape index (κ3) is 4.49. The molecule has 0 atom stereocenters. The van der Waals surface area contributed by atoms with Gasteiger partial charge in [0.15, 0.2) is 6.61 Å². The Hall–Kier alpha value is -2.53. The van der Waals surface area contributed by atoms with Crippen molar-refractivity contribution in [2.75, 3.05) is 6.61 Å². The highest BCUT2D eigenvalue weighted by Crippen LogP contribution is 2.23. The number of furan rings is 1. The zero-order valence-corrected chi connectivity index (χ0v) is 14.5. The number of nitrogens with one attached hydrogen (secondary N) is 1. The van der Waals surface area contributed by atoms with Gasteiger partial charge in [-0.05, 0) is 36.4 Å². The summed E-state index contributed by atoms with van der Waals surface area (Å²) in [6.07, 6.45) is 0. The maximum atomic E-state index is 11.8. The van der Waals surface area contributed by atoms with Gasteiger partial charge >= 0.3 is 0 Å². The van der Waals surface area contributed by atoms with Gasteiger partial charge in [0.05, 0.1) is 6.54 Å². The molecule has 1 N–H and O–H groups in total. The summed E-state index contributed by atoms with van der Waals surface area (Å²) in [7, 11) is 0. The van der Waals surface area contributed by atoms with Crippen molar-refractivity contribution >= 4 is 21.8 Å². The fourth-order valence-electron chi connectivity index (χ4n) is 2.14. The highest BCUT2D eigenvalue weighted by atomic mass is 79.9. The first-order chi connectivity index (χ1) is 11.7. The van der Waals surface area contributed by atoms with Crippen molar-refractivity contribution in [3.05, 3.63) is 77.0 Å². The molecular formula is C19H16BrNO3. The molecule has 122 valence electrons. The van der Waals surface area contributed by atoms with E-state index in [-0.39, 0.29) is 12.5 Å². The van der Waals surface area contributed by atoms with Gasteiger partial charge in [-0.15, -0.1) is 0 Å². The minimum Gasteiger partial charge on any atom is -0.484 e. The van der Waals surface area contributed by atoms with Gasteiger partial charge < -0.3 is 14.5 Å². The first kappa shape index (κ1) is 16.3. The Bertz CT molecular complexity index is 797. The lowest BCUT2D eigenvalue weighted by atomic mass is 10.2. The van der Waals surface area contributed by atoms with Crippen LogP contribution in [0.5, 0.6) is 5.75 Å². The van der Waals surface area contributed by atoms with Crippen LogP contribution in [0.15, 0.2) is 75.6 Å². The summed E-state index contributed by atoms with van der Waals surface area (Å²) in [6, 6.07) is 20.8. The number of halogens is 1. The van der Waals surface area contributed by atoms with Crippen molar-refractivity contribution in [2.45, 2.75) is 6.54 Å². The molecule has 0 radical (unpaired) electrons. The maximum absolute atomic E-state index is 11.8. The molecule has 0 spiro atoms. The maximum Gasteiger partial charge on any atom is 0.258 e. The van der Waals surface area contributed by atoms with Gasteiger partial charge in [0.25, 0.3) is 5.91 Å². The number of benzene rings is 2. The second kappa shape index (κ2) is 7.84. The number of carbonyl (C=O) groups excluding carboxylic acids is 1. The van der Waals surface area contributed by atoms with Gasteiger partial charge in [0, 0.05) is 10.0 Å². The lowest BCUT2D eigenvalue weighted by Gasteiger charge is -2.06. The van der Waals surface area contributed by atoms with E-state index in [9.17, 15) is 4.79 Å². The zero-order chi connectivity index (χ0) is 16.8. The lowest BCUT2D eigenvalue weighted by Crippen LogP contribution is -2.28. The van der Waals surface area contributed by atoms with Gasteiger partial charge in [-0.3, -0.25) is 4.79 Å². The van der Waals surface area contributed by atoms with Gasteiger partial charge in [0.1, 0.15) is 17.3 Å². The standard InChI is InChI=1S/C19H16BrNO3/c20-15-8-6-14(7-9-15)18-11-10-17(24-18)12-21-19(22)13-23-16-4-2-1-3-5-16/h1-11H,12-13H2,(H,21,22). The monoisotopic (exact) mass is 385 g/mol. The molecule has 1 heterocycles. The summed E-state index contributed by atoms with van der Waals surface area (Å²) in [5, 5.41) is 2.78. The van der Waals surface area contributed by atoms with Crippen LogP contribution >= 0.6 is 15.9 Å². The smallest absolute Gasteiger partial charge is 0.258 e. The minimum absolute atomic E-state index is 0.0235. The van der Waals surface area contributed by atoms with Crippen LogP contribution in [0.3, 0.4) is 0 Å². The summed E-state index contributed by atoms with van der Waals surface area (Å²) in [5.74, 6) is 1.94. The first-order valence-corrected chi connectivity index (χ1v) is 8.29. The Morgan fingerprint density at radius 1 is 1.00 bits per heavy atom. The number of carbonyl (C=O) groups is 1. The molecule has 0 aliphatic rings. The molecule has 0 bridgehead atoms. The van der Waals surface area contributed by atoms with Crippen LogP contribution < -0.4 is 10.1 Å². The van der Waals surface area contributed by atoms with Crippen LogP contribution in [0.2, 0.25) is 0 Å². The van der Waals surface area contributed by atoms with Crippen LogP contribution in [-0.2, 0) is 11.3 Å². The largest absolute Gasteiger partial charge is 0.484 e. The van der Waals surface area contributed by atoms with Crippen LogP contribution in [0.1, 0.15) is 5.76 Å². The molecule has 5 heteroatoms. The van der Waals surface area contributed by atoms with Gasteiger partial charge in [-0.1, -0.05) is 46.3 Å². The van der Waals surface area contributed by atoms with Crippen LogP contribution in [0.25, 0.3) is 11.3 Å². The summed E-state index contributed by atoms with van der Waals surface area (Å²) < 4.78 is 12.2. The van der Waals surface area contributed by atoms with Crippen LogP contribution in [0, 0.1) is 0 Å². The summed E-state index contributed by atoms with van der Waals surface area (Å²) >= 11 is 3.41. The number of hydrogen-bond acceptors (Lipinski definition) is 3. The molecule has 0 saturated carbocycles. The third-order valence-electron chi connectivity index (χ3n) is 3.36. The minimum atomic E-state index is -0.194. The normalized spacial score (nSPS) is 10.4. The van der Waals surface area contributed by atoms with Crippen LogP contribution in [-0.4, -0.2) is 12.5 Å². The van der Waals surface area contributed by atoms with Crippen LogP contribution in [0.4, 0.5) is 0 Å². The van der Waals surface area contributed by atoms with E-state index in [4.69, 9.17) is 9.15 Å². The predicted molar refractivity (Wildman–Crippen MR) is 95.6 cm³/mol. The van der Waals surface area contributed by atoms with E-state index in [0.717, 1.165) is 15.8 Å². The average molecular weight is 386 g/mol. The molecule has 0 saturated heterocycles. The van der Waals surface area contributed by atoms with E-state index in [2.05, 4.69) is 21.2 Å². The number of hydrogen-bond donors (Lipinski definition) is 1. The Balaban J connectivity index is 1.50. The summed E-state index contributed by atoms with van der Waals surface area (Å²) in [4.78, 5) is 11.8. The predicted octanol–water partition coefficient (Wildman–Crippen LogP) is 4.40. The lowest BCUT2D eigenvalue weighted by molar-refractivity contribution is -0.123. The van der Waals surface area contributed by atoms with Gasteiger partial charge in [0.2, 0.25) is 0 Å². The van der Waals surface area contributed by atoms with E-state index in [1.54, 1.807) is 0 Å². The van der Waals surface area contributed by atoms with Crippen molar-refractivity contribution in [1.82, 2.24) is 5.32 Å². The Morgan fingerprint density at radius 3 is 2.50 bits per heavy atom. The topological polar surface area (TPSA) is 51.5 Å². The van der Waals surface area contributed by atoms with Crippen molar-refractivity contribution in [3.63, 3.8) is 0 Å². The molecule has 0 aliphatic carbocycles. The number of ether oxygens (including phenoxy) is 1. The van der Waals surface area contributed by atoms with Crippen molar-refractivity contribution < 1.29 is 13.9 Å². The summed E-state index contributed by atoms with van der Waals surface area (Å²) in [5.41, 5.74) is 0.989. The average Bonchev–Trinajstić information content (AvgIpc) is 3.09. The second-order valence-corrected chi connectivity index (χ2v) is 6.07. The fraction of sp³-hybridized carbons (Fsp3) is 0.105. The number of rotatable bonds is 6. The third-order valence-corrected chi connectivity index (χ3v) is 3.89. The Kier molecular flexibility index (Phi) is 5.33.